The summed E-state index contributed by atoms with van der Waals surface area (Å²) in [5.41, 5.74) is 0.220. The summed E-state index contributed by atoms with van der Waals surface area (Å²) in [5, 5.41) is 0.565. The van der Waals surface area contributed by atoms with Gasteiger partial charge in [0.05, 0.1) is 5.69 Å². The molecule has 19 heavy (non-hydrogen) atoms. The van der Waals surface area contributed by atoms with Crippen LogP contribution >= 0.6 is 34.8 Å². The van der Waals surface area contributed by atoms with Gasteiger partial charge in [-0.1, -0.05) is 23.2 Å². The highest BCUT2D eigenvalue weighted by molar-refractivity contribution is 6.36. The molecule has 0 N–H and O–H groups in total. The summed E-state index contributed by atoms with van der Waals surface area (Å²) in [5.74, 6) is -1.54. The van der Waals surface area contributed by atoms with Crippen molar-refractivity contribution >= 4 is 58.3 Å². The number of benzene rings is 1. The molecule has 1 aliphatic heterocycles. The number of carbonyl (C=O) groups excluding carboxylic acids is 3. The largest absolute Gasteiger partial charge is 0.338 e. The number of alkyl halides is 1. The van der Waals surface area contributed by atoms with E-state index in [4.69, 9.17) is 34.8 Å². The summed E-state index contributed by atoms with van der Waals surface area (Å²) >= 11 is 17.0. The zero-order valence-electron chi connectivity index (χ0n) is 9.40. The molecule has 0 aliphatic carbocycles. The third-order valence-electron chi connectivity index (χ3n) is 2.49. The number of halogens is 3. The number of anilines is 1. The van der Waals surface area contributed by atoms with E-state index >= 15 is 0 Å². The normalized spacial score (nSPS) is 15.3. The van der Waals surface area contributed by atoms with Crippen molar-refractivity contribution in [1.29, 1.82) is 0 Å². The maximum absolute atomic E-state index is 12.0. The predicted molar refractivity (Wildman–Crippen MR) is 71.8 cm³/mol. The summed E-state index contributed by atoms with van der Waals surface area (Å²) in [7, 11) is 0. The van der Waals surface area contributed by atoms with Crippen LogP contribution in [-0.2, 0) is 9.59 Å². The molecule has 2 rings (SSSR count). The first-order valence-corrected chi connectivity index (χ1v) is 6.42. The highest BCUT2D eigenvalue weighted by Gasteiger charge is 2.40. The summed E-state index contributed by atoms with van der Waals surface area (Å²) in [6, 6.07) is 3.55. The second kappa shape index (κ2) is 5.36. The molecule has 4 amide bonds. The van der Waals surface area contributed by atoms with Crippen molar-refractivity contribution in [2.75, 3.05) is 17.3 Å². The van der Waals surface area contributed by atoms with Gasteiger partial charge in [0.15, 0.2) is 0 Å². The molecular formula is C11H7Cl3N2O3. The smallest absolute Gasteiger partial charge is 0.273 e. The van der Waals surface area contributed by atoms with Gasteiger partial charge in [-0.25, -0.2) is 9.69 Å². The zero-order chi connectivity index (χ0) is 14.2. The standard InChI is InChI=1S/C11H7Cl3N2O3/c12-4-9(17)15-5-10(18)16(11(15)19)8-2-6(13)1-7(14)3-8/h1-3H,4-5H2. The Morgan fingerprint density at radius 3 is 2.26 bits per heavy atom. The molecule has 0 unspecified atom stereocenters. The number of carbonyl (C=O) groups is 3. The second-order valence-corrected chi connectivity index (χ2v) is 4.89. The first kappa shape index (κ1) is 14.1. The minimum Gasteiger partial charge on any atom is -0.273 e. The van der Waals surface area contributed by atoms with Crippen LogP contribution in [0.3, 0.4) is 0 Å². The molecule has 0 spiro atoms. The fourth-order valence-corrected chi connectivity index (χ4v) is 2.35. The molecule has 1 heterocycles. The van der Waals surface area contributed by atoms with Crippen LogP contribution < -0.4 is 4.90 Å². The van der Waals surface area contributed by atoms with Crippen LogP contribution in [0.1, 0.15) is 0 Å². The number of rotatable bonds is 2. The minimum atomic E-state index is -0.756. The molecule has 1 aromatic carbocycles. The highest BCUT2D eigenvalue weighted by atomic mass is 35.5. The van der Waals surface area contributed by atoms with Crippen molar-refractivity contribution in [2.24, 2.45) is 0 Å². The van der Waals surface area contributed by atoms with Crippen LogP contribution in [-0.4, -0.2) is 35.2 Å². The van der Waals surface area contributed by atoms with Crippen molar-refractivity contribution < 1.29 is 14.4 Å². The number of nitrogens with zero attached hydrogens (tertiary/aromatic N) is 2. The van der Waals surface area contributed by atoms with E-state index in [2.05, 4.69) is 0 Å². The Hall–Kier alpha value is -1.30. The molecule has 8 heteroatoms. The first-order valence-electron chi connectivity index (χ1n) is 5.13. The molecule has 5 nitrogen and oxygen atoms in total. The Morgan fingerprint density at radius 1 is 1.16 bits per heavy atom. The molecule has 0 aromatic heterocycles. The van der Waals surface area contributed by atoms with Gasteiger partial charge in [-0.3, -0.25) is 14.5 Å². The molecule has 1 saturated heterocycles. The molecule has 0 radical (unpaired) electrons. The van der Waals surface area contributed by atoms with Crippen molar-refractivity contribution in [3.8, 4) is 0 Å². The highest BCUT2D eigenvalue weighted by Crippen LogP contribution is 2.28. The van der Waals surface area contributed by atoms with Crippen LogP contribution in [0.2, 0.25) is 10.0 Å². The van der Waals surface area contributed by atoms with Gasteiger partial charge in [0.25, 0.3) is 5.91 Å². The molecule has 1 aromatic rings. The van der Waals surface area contributed by atoms with E-state index in [1.54, 1.807) is 0 Å². The van der Waals surface area contributed by atoms with E-state index in [9.17, 15) is 14.4 Å². The van der Waals surface area contributed by atoms with Crippen LogP contribution in [0.5, 0.6) is 0 Å². The number of urea groups is 1. The number of imide groups is 2. The fourth-order valence-electron chi connectivity index (χ4n) is 1.69. The van der Waals surface area contributed by atoms with Gasteiger partial charge in [0.1, 0.15) is 12.4 Å². The van der Waals surface area contributed by atoms with Crippen molar-refractivity contribution in [3.63, 3.8) is 0 Å². The molecule has 1 fully saturated rings. The Labute approximate surface area is 123 Å². The van der Waals surface area contributed by atoms with E-state index in [1.807, 2.05) is 0 Å². The van der Waals surface area contributed by atoms with Crippen molar-refractivity contribution in [1.82, 2.24) is 4.90 Å². The van der Waals surface area contributed by atoms with E-state index in [0.29, 0.717) is 0 Å². The lowest BCUT2D eigenvalue weighted by molar-refractivity contribution is -0.127. The molecule has 0 bridgehead atoms. The molecular weight excluding hydrogens is 314 g/mol. The molecule has 100 valence electrons. The first-order chi connectivity index (χ1) is 8.93. The number of hydrogen-bond acceptors (Lipinski definition) is 3. The van der Waals surface area contributed by atoms with E-state index in [1.165, 1.54) is 18.2 Å². The number of hydrogen-bond donors (Lipinski definition) is 0. The van der Waals surface area contributed by atoms with Gasteiger partial charge in [-0.2, -0.15) is 0 Å². The maximum atomic E-state index is 12.0. The Morgan fingerprint density at radius 2 is 1.74 bits per heavy atom. The van der Waals surface area contributed by atoms with Gasteiger partial charge in [-0.05, 0) is 18.2 Å². The van der Waals surface area contributed by atoms with Gasteiger partial charge >= 0.3 is 6.03 Å². The van der Waals surface area contributed by atoms with Crippen molar-refractivity contribution in [3.05, 3.63) is 28.2 Å². The minimum absolute atomic E-state index is 0.220. The van der Waals surface area contributed by atoms with E-state index in [0.717, 1.165) is 9.80 Å². The molecule has 1 aliphatic rings. The Kier molecular flexibility index (Phi) is 3.99. The lowest BCUT2D eigenvalue weighted by atomic mass is 10.3. The third kappa shape index (κ3) is 2.68. The SMILES string of the molecule is O=C(CCl)N1CC(=O)N(c2cc(Cl)cc(Cl)c2)C1=O. The van der Waals surface area contributed by atoms with Crippen molar-refractivity contribution in [2.45, 2.75) is 0 Å². The maximum Gasteiger partial charge on any atom is 0.338 e. The average Bonchev–Trinajstić information content (AvgIpc) is 2.62. The topological polar surface area (TPSA) is 57.7 Å². The van der Waals surface area contributed by atoms with Crippen LogP contribution in [0.25, 0.3) is 0 Å². The van der Waals surface area contributed by atoms with Crippen LogP contribution in [0.4, 0.5) is 10.5 Å². The van der Waals surface area contributed by atoms with Crippen LogP contribution in [0, 0.1) is 0 Å². The van der Waals surface area contributed by atoms with E-state index < -0.39 is 17.8 Å². The third-order valence-corrected chi connectivity index (χ3v) is 3.15. The summed E-state index contributed by atoms with van der Waals surface area (Å²) in [6.07, 6.45) is 0. The van der Waals surface area contributed by atoms with Gasteiger partial charge in [0.2, 0.25) is 5.91 Å². The monoisotopic (exact) mass is 320 g/mol. The lowest BCUT2D eigenvalue weighted by Crippen LogP contribution is -2.37. The quantitative estimate of drug-likeness (QED) is 0.621. The van der Waals surface area contributed by atoms with E-state index in [-0.39, 0.29) is 28.2 Å². The van der Waals surface area contributed by atoms with Gasteiger partial charge in [0, 0.05) is 10.0 Å². The summed E-state index contributed by atoms with van der Waals surface area (Å²) < 4.78 is 0. The Bertz CT molecular complexity index is 556. The van der Waals surface area contributed by atoms with Crippen LogP contribution in [0.15, 0.2) is 18.2 Å². The summed E-state index contributed by atoms with van der Waals surface area (Å²) in [4.78, 5) is 36.9. The van der Waals surface area contributed by atoms with Gasteiger partial charge in [-0.15, -0.1) is 11.6 Å². The number of amides is 4. The molecule has 0 saturated carbocycles. The van der Waals surface area contributed by atoms with Gasteiger partial charge < -0.3 is 0 Å². The fraction of sp³-hybridized carbons (Fsp3) is 0.182. The molecule has 0 atom stereocenters. The predicted octanol–water partition coefficient (Wildman–Crippen LogP) is 2.53. The summed E-state index contributed by atoms with van der Waals surface area (Å²) in [6.45, 7) is -0.339. The lowest BCUT2D eigenvalue weighted by Gasteiger charge is -2.15. The second-order valence-electron chi connectivity index (χ2n) is 3.75. The Balaban J connectivity index is 2.37. The average molecular weight is 322 g/mol. The zero-order valence-corrected chi connectivity index (χ0v) is 11.7.